The van der Waals surface area contributed by atoms with Gasteiger partial charge in [0.05, 0.1) is 5.75 Å². The average molecular weight is 289 g/mol. The van der Waals surface area contributed by atoms with Crippen molar-refractivity contribution in [3.05, 3.63) is 0 Å². The molecule has 0 aromatic heterocycles. The summed E-state index contributed by atoms with van der Waals surface area (Å²) in [5, 5.41) is 2.99. The molecule has 110 valence electrons. The third kappa shape index (κ3) is 3.67. The number of hydrogen-bond donors (Lipinski definition) is 2. The van der Waals surface area contributed by atoms with E-state index >= 15 is 0 Å². The number of nitrogens with one attached hydrogen (secondary N) is 1. The molecule has 3 N–H and O–H groups in total. The number of hydrogen-bond acceptors (Lipinski definition) is 4. The van der Waals surface area contributed by atoms with Crippen molar-refractivity contribution in [2.45, 2.75) is 38.1 Å². The van der Waals surface area contributed by atoms with Crippen LogP contribution in [0.4, 0.5) is 0 Å². The van der Waals surface area contributed by atoms with Gasteiger partial charge in [0, 0.05) is 25.6 Å². The summed E-state index contributed by atoms with van der Waals surface area (Å²) < 4.78 is 24.6. The molecular weight excluding hydrogens is 266 g/mol. The highest BCUT2D eigenvalue weighted by molar-refractivity contribution is 7.89. The summed E-state index contributed by atoms with van der Waals surface area (Å²) in [5.74, 6) is 0.527. The predicted molar refractivity (Wildman–Crippen MR) is 72.9 cm³/mol. The van der Waals surface area contributed by atoms with E-state index in [0.717, 1.165) is 19.3 Å². The zero-order valence-electron chi connectivity index (χ0n) is 11.2. The van der Waals surface area contributed by atoms with Gasteiger partial charge in [-0.1, -0.05) is 6.42 Å². The van der Waals surface area contributed by atoms with Crippen molar-refractivity contribution in [3.8, 4) is 0 Å². The second kappa shape index (κ2) is 6.19. The molecular formula is C12H23N3O3S. The number of nitrogens with two attached hydrogens (primary N) is 1. The van der Waals surface area contributed by atoms with E-state index < -0.39 is 10.0 Å². The van der Waals surface area contributed by atoms with Crippen LogP contribution in [-0.2, 0) is 14.8 Å². The van der Waals surface area contributed by atoms with Crippen molar-refractivity contribution in [1.29, 1.82) is 0 Å². The molecule has 2 aliphatic rings. The second-order valence-corrected chi connectivity index (χ2v) is 7.51. The molecule has 0 aromatic carbocycles. The molecule has 2 fully saturated rings. The monoisotopic (exact) mass is 289 g/mol. The lowest BCUT2D eigenvalue weighted by Gasteiger charge is -2.20. The minimum Gasteiger partial charge on any atom is -0.353 e. The predicted octanol–water partition coefficient (Wildman–Crippen LogP) is -0.344. The fraction of sp³-hybridized carbons (Fsp3) is 0.917. The Hall–Kier alpha value is -0.660. The number of carbonyl (C=O) groups is 1. The van der Waals surface area contributed by atoms with Gasteiger partial charge < -0.3 is 11.1 Å². The summed E-state index contributed by atoms with van der Waals surface area (Å²) in [6.07, 6.45) is 4.07. The first-order valence-electron chi connectivity index (χ1n) is 7.00. The van der Waals surface area contributed by atoms with Crippen LogP contribution in [0.2, 0.25) is 0 Å². The number of nitrogens with zero attached hydrogens (tertiary/aromatic N) is 1. The van der Waals surface area contributed by atoms with E-state index in [0.29, 0.717) is 32.0 Å². The van der Waals surface area contributed by atoms with Crippen LogP contribution in [0.5, 0.6) is 0 Å². The minimum absolute atomic E-state index is 0.0625. The SMILES string of the molecule is NCC1CCCC1NC(=O)CCN1CCCS1(=O)=O. The van der Waals surface area contributed by atoms with Crippen molar-refractivity contribution in [3.63, 3.8) is 0 Å². The molecule has 7 heteroatoms. The Morgan fingerprint density at radius 2 is 2.11 bits per heavy atom. The summed E-state index contributed by atoms with van der Waals surface area (Å²) >= 11 is 0. The largest absolute Gasteiger partial charge is 0.353 e. The fourth-order valence-electron chi connectivity index (χ4n) is 2.96. The van der Waals surface area contributed by atoms with E-state index in [-0.39, 0.29) is 24.1 Å². The first kappa shape index (κ1) is 14.7. The molecule has 0 spiro atoms. The Morgan fingerprint density at radius 3 is 2.74 bits per heavy atom. The van der Waals surface area contributed by atoms with E-state index in [4.69, 9.17) is 5.73 Å². The molecule has 0 radical (unpaired) electrons. The van der Waals surface area contributed by atoms with Gasteiger partial charge in [0.25, 0.3) is 0 Å². The van der Waals surface area contributed by atoms with Crippen molar-refractivity contribution in [2.24, 2.45) is 11.7 Å². The first-order chi connectivity index (χ1) is 9.03. The van der Waals surface area contributed by atoms with Crippen LogP contribution in [0, 0.1) is 5.92 Å². The second-order valence-electron chi connectivity index (χ2n) is 5.42. The lowest BCUT2D eigenvalue weighted by atomic mass is 10.0. The molecule has 1 aliphatic heterocycles. The summed E-state index contributed by atoms with van der Waals surface area (Å²) in [4.78, 5) is 11.9. The van der Waals surface area contributed by atoms with Gasteiger partial charge in [-0.25, -0.2) is 12.7 Å². The van der Waals surface area contributed by atoms with E-state index in [2.05, 4.69) is 5.32 Å². The Bertz CT molecular complexity index is 424. The van der Waals surface area contributed by atoms with E-state index in [9.17, 15) is 13.2 Å². The average Bonchev–Trinajstić information content (AvgIpc) is 2.92. The summed E-state index contributed by atoms with van der Waals surface area (Å²) in [5.41, 5.74) is 5.67. The van der Waals surface area contributed by atoms with Crippen LogP contribution in [0.3, 0.4) is 0 Å². The third-order valence-corrected chi connectivity index (χ3v) is 6.06. The Kier molecular flexibility index (Phi) is 4.81. The zero-order chi connectivity index (χ0) is 13.9. The van der Waals surface area contributed by atoms with Crippen molar-refractivity contribution >= 4 is 15.9 Å². The fourth-order valence-corrected chi connectivity index (χ4v) is 4.49. The van der Waals surface area contributed by atoms with Gasteiger partial charge in [0.1, 0.15) is 0 Å². The van der Waals surface area contributed by atoms with Gasteiger partial charge in [-0.3, -0.25) is 4.79 Å². The van der Waals surface area contributed by atoms with Crippen molar-refractivity contribution in [1.82, 2.24) is 9.62 Å². The van der Waals surface area contributed by atoms with Gasteiger partial charge in [-0.05, 0) is 31.7 Å². The molecule has 2 atom stereocenters. The van der Waals surface area contributed by atoms with E-state index in [1.807, 2.05) is 0 Å². The van der Waals surface area contributed by atoms with Gasteiger partial charge in [-0.15, -0.1) is 0 Å². The highest BCUT2D eigenvalue weighted by Crippen LogP contribution is 2.24. The Morgan fingerprint density at radius 1 is 1.32 bits per heavy atom. The van der Waals surface area contributed by atoms with Crippen LogP contribution < -0.4 is 11.1 Å². The molecule has 2 rings (SSSR count). The number of sulfonamides is 1. The lowest BCUT2D eigenvalue weighted by molar-refractivity contribution is -0.122. The minimum atomic E-state index is -3.09. The highest BCUT2D eigenvalue weighted by atomic mass is 32.2. The van der Waals surface area contributed by atoms with Crippen molar-refractivity contribution < 1.29 is 13.2 Å². The Balaban J connectivity index is 1.76. The molecule has 2 unspecified atom stereocenters. The molecule has 19 heavy (non-hydrogen) atoms. The Labute approximate surface area is 114 Å². The van der Waals surface area contributed by atoms with Gasteiger partial charge in [0.2, 0.25) is 15.9 Å². The lowest BCUT2D eigenvalue weighted by Crippen LogP contribution is -2.41. The van der Waals surface area contributed by atoms with Crippen LogP contribution >= 0.6 is 0 Å². The number of amides is 1. The van der Waals surface area contributed by atoms with Crippen LogP contribution in [-0.4, -0.2) is 50.1 Å². The summed E-state index contributed by atoms with van der Waals surface area (Å²) in [6, 6.07) is 0.174. The molecule has 1 heterocycles. The number of rotatable bonds is 5. The topological polar surface area (TPSA) is 92.5 Å². The zero-order valence-corrected chi connectivity index (χ0v) is 12.0. The van der Waals surface area contributed by atoms with E-state index in [1.165, 1.54) is 4.31 Å². The van der Waals surface area contributed by atoms with Crippen LogP contribution in [0.1, 0.15) is 32.1 Å². The van der Waals surface area contributed by atoms with Gasteiger partial charge >= 0.3 is 0 Å². The van der Waals surface area contributed by atoms with Crippen LogP contribution in [0.15, 0.2) is 0 Å². The third-order valence-electron chi connectivity index (χ3n) is 4.10. The van der Waals surface area contributed by atoms with Crippen LogP contribution in [0.25, 0.3) is 0 Å². The molecule has 1 saturated carbocycles. The van der Waals surface area contributed by atoms with Gasteiger partial charge in [-0.2, -0.15) is 0 Å². The summed E-state index contributed by atoms with van der Waals surface area (Å²) in [6.45, 7) is 1.45. The summed E-state index contributed by atoms with van der Waals surface area (Å²) in [7, 11) is -3.09. The molecule has 0 aromatic rings. The van der Waals surface area contributed by atoms with Crippen molar-refractivity contribution in [2.75, 3.05) is 25.4 Å². The molecule has 1 saturated heterocycles. The maximum atomic E-state index is 11.9. The smallest absolute Gasteiger partial charge is 0.221 e. The first-order valence-corrected chi connectivity index (χ1v) is 8.61. The highest BCUT2D eigenvalue weighted by Gasteiger charge is 2.30. The normalized spacial score (nSPS) is 30.6. The number of carbonyl (C=O) groups excluding carboxylic acids is 1. The van der Waals surface area contributed by atoms with E-state index in [1.54, 1.807) is 0 Å². The molecule has 0 bridgehead atoms. The molecule has 1 aliphatic carbocycles. The molecule has 1 amide bonds. The van der Waals surface area contributed by atoms with Gasteiger partial charge in [0.15, 0.2) is 0 Å². The maximum absolute atomic E-state index is 11.9. The standard InChI is InChI=1S/C12H23N3O3S/c13-9-10-3-1-4-11(10)14-12(16)5-7-15-6-2-8-19(15,17)18/h10-11H,1-9,13H2,(H,14,16). The molecule has 6 nitrogen and oxygen atoms in total. The quantitative estimate of drug-likeness (QED) is 0.724. The maximum Gasteiger partial charge on any atom is 0.221 e.